The van der Waals surface area contributed by atoms with Crippen molar-refractivity contribution in [2.24, 2.45) is 0 Å². The lowest BCUT2D eigenvalue weighted by molar-refractivity contribution is 0.299. The van der Waals surface area contributed by atoms with Crippen molar-refractivity contribution in [3.05, 3.63) is 64.4 Å². The molecule has 2 nitrogen and oxygen atoms in total. The van der Waals surface area contributed by atoms with Crippen LogP contribution < -0.4 is 5.32 Å². The van der Waals surface area contributed by atoms with Crippen molar-refractivity contribution < 1.29 is 9.50 Å². The molecule has 0 saturated heterocycles. The molecule has 0 amide bonds. The second-order valence-corrected chi connectivity index (χ2v) is 5.12. The summed E-state index contributed by atoms with van der Waals surface area (Å²) >= 11 is 5.79. The van der Waals surface area contributed by atoms with Gasteiger partial charge in [0.1, 0.15) is 5.82 Å². The van der Waals surface area contributed by atoms with Gasteiger partial charge in [0, 0.05) is 18.3 Å². The molecule has 106 valence electrons. The molecule has 1 unspecified atom stereocenters. The fraction of sp³-hybridized carbons (Fsp3) is 0.250. The van der Waals surface area contributed by atoms with Crippen LogP contribution in [0, 0.1) is 5.82 Å². The number of anilines is 1. The molecule has 0 radical (unpaired) electrons. The van der Waals surface area contributed by atoms with Crippen LogP contribution in [0.1, 0.15) is 24.1 Å². The van der Waals surface area contributed by atoms with Gasteiger partial charge in [-0.1, -0.05) is 29.8 Å². The van der Waals surface area contributed by atoms with Crippen LogP contribution >= 0.6 is 11.6 Å². The fourth-order valence-electron chi connectivity index (χ4n) is 2.01. The number of halogens is 2. The standard InChI is InChI=1S/C16H17ClFNO/c1-11(13-4-7-16(18)15(17)10-13)19-14-5-2-12(3-6-14)8-9-20/h2-7,10-11,19-20H,8-9H2,1H3. The lowest BCUT2D eigenvalue weighted by Gasteiger charge is -2.16. The summed E-state index contributed by atoms with van der Waals surface area (Å²) < 4.78 is 13.1. The van der Waals surface area contributed by atoms with Crippen molar-refractivity contribution in [3.63, 3.8) is 0 Å². The Balaban J connectivity index is 2.06. The summed E-state index contributed by atoms with van der Waals surface area (Å²) in [6, 6.07) is 12.6. The van der Waals surface area contributed by atoms with Gasteiger partial charge < -0.3 is 10.4 Å². The van der Waals surface area contributed by atoms with Crippen LogP contribution in [0.4, 0.5) is 10.1 Å². The van der Waals surface area contributed by atoms with E-state index in [1.54, 1.807) is 12.1 Å². The van der Waals surface area contributed by atoms with E-state index < -0.39 is 5.82 Å². The molecule has 0 aliphatic rings. The summed E-state index contributed by atoms with van der Waals surface area (Å²) in [7, 11) is 0. The molecule has 0 aliphatic heterocycles. The first kappa shape index (κ1) is 14.8. The molecule has 0 spiro atoms. The van der Waals surface area contributed by atoms with E-state index in [4.69, 9.17) is 16.7 Å². The molecule has 20 heavy (non-hydrogen) atoms. The van der Waals surface area contributed by atoms with Crippen LogP contribution in [0.15, 0.2) is 42.5 Å². The SMILES string of the molecule is CC(Nc1ccc(CCO)cc1)c1ccc(F)c(Cl)c1. The highest BCUT2D eigenvalue weighted by Gasteiger charge is 2.08. The second kappa shape index (κ2) is 6.73. The summed E-state index contributed by atoms with van der Waals surface area (Å²) in [6.07, 6.45) is 0.656. The van der Waals surface area contributed by atoms with E-state index in [-0.39, 0.29) is 17.7 Å². The van der Waals surface area contributed by atoms with Crippen molar-refractivity contribution in [3.8, 4) is 0 Å². The Morgan fingerprint density at radius 3 is 2.50 bits per heavy atom. The van der Waals surface area contributed by atoms with E-state index in [1.165, 1.54) is 6.07 Å². The zero-order valence-electron chi connectivity index (χ0n) is 11.2. The van der Waals surface area contributed by atoms with Crippen LogP contribution in [0.2, 0.25) is 5.02 Å². The highest BCUT2D eigenvalue weighted by atomic mass is 35.5. The normalized spacial score (nSPS) is 12.2. The van der Waals surface area contributed by atoms with E-state index in [2.05, 4.69) is 5.32 Å². The minimum absolute atomic E-state index is 0.0248. The lowest BCUT2D eigenvalue weighted by atomic mass is 10.1. The van der Waals surface area contributed by atoms with Crippen LogP contribution in [-0.4, -0.2) is 11.7 Å². The molecule has 1 atom stereocenters. The topological polar surface area (TPSA) is 32.3 Å². The monoisotopic (exact) mass is 293 g/mol. The lowest BCUT2D eigenvalue weighted by Crippen LogP contribution is -2.06. The molecule has 0 aliphatic carbocycles. The number of benzene rings is 2. The smallest absolute Gasteiger partial charge is 0.141 e. The average molecular weight is 294 g/mol. The quantitative estimate of drug-likeness (QED) is 0.866. The van der Waals surface area contributed by atoms with Gasteiger partial charge >= 0.3 is 0 Å². The number of aliphatic hydroxyl groups is 1. The molecule has 2 aromatic carbocycles. The molecule has 0 heterocycles. The van der Waals surface area contributed by atoms with Crippen molar-refractivity contribution in [2.75, 3.05) is 11.9 Å². The zero-order chi connectivity index (χ0) is 14.5. The van der Waals surface area contributed by atoms with E-state index in [0.29, 0.717) is 6.42 Å². The Kier molecular flexibility index (Phi) is 4.99. The maximum Gasteiger partial charge on any atom is 0.141 e. The molecule has 2 rings (SSSR count). The van der Waals surface area contributed by atoms with E-state index >= 15 is 0 Å². The first-order chi connectivity index (χ1) is 9.60. The van der Waals surface area contributed by atoms with E-state index in [9.17, 15) is 4.39 Å². The van der Waals surface area contributed by atoms with Gasteiger partial charge in [0.05, 0.1) is 5.02 Å². The van der Waals surface area contributed by atoms with Gasteiger partial charge in [0.2, 0.25) is 0 Å². The van der Waals surface area contributed by atoms with Crippen LogP contribution in [0.5, 0.6) is 0 Å². The molecule has 0 fully saturated rings. The Morgan fingerprint density at radius 1 is 1.20 bits per heavy atom. The molecule has 2 N–H and O–H groups in total. The van der Waals surface area contributed by atoms with Crippen LogP contribution in [0.3, 0.4) is 0 Å². The third-order valence-corrected chi connectivity index (χ3v) is 3.47. The van der Waals surface area contributed by atoms with Gasteiger partial charge in [0.25, 0.3) is 0 Å². The Labute approximate surface area is 123 Å². The van der Waals surface area contributed by atoms with Gasteiger partial charge in [-0.3, -0.25) is 0 Å². The van der Waals surface area contributed by atoms with Crippen LogP contribution in [0.25, 0.3) is 0 Å². The zero-order valence-corrected chi connectivity index (χ0v) is 12.0. The van der Waals surface area contributed by atoms with Gasteiger partial charge in [-0.05, 0) is 48.7 Å². The minimum Gasteiger partial charge on any atom is -0.396 e. The van der Waals surface area contributed by atoms with E-state index in [1.807, 2.05) is 31.2 Å². The van der Waals surface area contributed by atoms with Crippen molar-refractivity contribution >= 4 is 17.3 Å². The van der Waals surface area contributed by atoms with Crippen molar-refractivity contribution in [2.45, 2.75) is 19.4 Å². The molecule has 0 bridgehead atoms. The highest BCUT2D eigenvalue weighted by Crippen LogP contribution is 2.24. The Bertz CT molecular complexity index is 571. The number of nitrogens with one attached hydrogen (secondary N) is 1. The maximum atomic E-state index is 13.1. The summed E-state index contributed by atoms with van der Waals surface area (Å²) in [5, 5.41) is 12.3. The molecule has 4 heteroatoms. The second-order valence-electron chi connectivity index (χ2n) is 4.71. The number of aliphatic hydroxyl groups excluding tert-OH is 1. The summed E-state index contributed by atoms with van der Waals surface area (Å²) in [6.45, 7) is 2.14. The highest BCUT2D eigenvalue weighted by molar-refractivity contribution is 6.30. The number of rotatable bonds is 5. The van der Waals surface area contributed by atoms with Gasteiger partial charge in [0.15, 0.2) is 0 Å². The summed E-state index contributed by atoms with van der Waals surface area (Å²) in [5.41, 5.74) is 2.99. The predicted molar refractivity (Wildman–Crippen MR) is 80.7 cm³/mol. The maximum absolute atomic E-state index is 13.1. The number of hydrogen-bond acceptors (Lipinski definition) is 2. The molecular weight excluding hydrogens is 277 g/mol. The number of hydrogen-bond donors (Lipinski definition) is 2. The first-order valence-corrected chi connectivity index (χ1v) is 6.89. The van der Waals surface area contributed by atoms with E-state index in [0.717, 1.165) is 16.8 Å². The molecular formula is C16H17ClFNO. The Morgan fingerprint density at radius 2 is 1.90 bits per heavy atom. The van der Waals surface area contributed by atoms with Crippen LogP contribution in [-0.2, 0) is 6.42 Å². The molecule has 0 aromatic heterocycles. The molecule has 0 saturated carbocycles. The third-order valence-electron chi connectivity index (χ3n) is 3.18. The minimum atomic E-state index is -0.407. The Hall–Kier alpha value is -1.58. The third kappa shape index (κ3) is 3.71. The summed E-state index contributed by atoms with van der Waals surface area (Å²) in [5.74, 6) is -0.407. The van der Waals surface area contributed by atoms with Gasteiger partial charge in [-0.15, -0.1) is 0 Å². The average Bonchev–Trinajstić information content (AvgIpc) is 2.44. The largest absolute Gasteiger partial charge is 0.396 e. The van der Waals surface area contributed by atoms with Gasteiger partial charge in [-0.25, -0.2) is 4.39 Å². The first-order valence-electron chi connectivity index (χ1n) is 6.51. The van der Waals surface area contributed by atoms with Gasteiger partial charge in [-0.2, -0.15) is 0 Å². The molecule has 2 aromatic rings. The predicted octanol–water partition coefficient (Wildman–Crippen LogP) is 4.19. The fourth-order valence-corrected chi connectivity index (χ4v) is 2.20. The summed E-state index contributed by atoms with van der Waals surface area (Å²) in [4.78, 5) is 0. The van der Waals surface area contributed by atoms with Crippen molar-refractivity contribution in [1.29, 1.82) is 0 Å². The van der Waals surface area contributed by atoms with Crippen molar-refractivity contribution in [1.82, 2.24) is 0 Å².